The molecule has 1 fully saturated rings. The molecule has 2 aromatic heterocycles. The monoisotopic (exact) mass is 390 g/mol. The molecule has 1 aliphatic rings. The lowest BCUT2D eigenvalue weighted by Gasteiger charge is -2.11. The largest absolute Gasteiger partial charge is 0.293 e. The van der Waals surface area contributed by atoms with Gasteiger partial charge in [0.2, 0.25) is 0 Å². The van der Waals surface area contributed by atoms with Gasteiger partial charge in [0.15, 0.2) is 0 Å². The Balaban J connectivity index is 1.72. The minimum absolute atomic E-state index is 0.140. The quantitative estimate of drug-likeness (QED) is 0.516. The van der Waals surface area contributed by atoms with Gasteiger partial charge in [0.05, 0.1) is 24.1 Å². The summed E-state index contributed by atoms with van der Waals surface area (Å²) >= 11 is 6.16. The van der Waals surface area contributed by atoms with Crippen molar-refractivity contribution in [3.05, 3.63) is 86.9 Å². The van der Waals surface area contributed by atoms with Crippen molar-refractivity contribution in [1.82, 2.24) is 19.6 Å². The Hall–Kier alpha value is -2.92. The molecule has 0 spiro atoms. The molecule has 0 bridgehead atoms. The third-order valence-electron chi connectivity index (χ3n) is 5.14. The molecular weight excluding hydrogens is 372 g/mol. The van der Waals surface area contributed by atoms with Crippen LogP contribution in [0.5, 0.6) is 0 Å². The van der Waals surface area contributed by atoms with Crippen LogP contribution in [-0.2, 0) is 6.54 Å². The van der Waals surface area contributed by atoms with Crippen LogP contribution >= 0.6 is 11.6 Å². The third kappa shape index (κ3) is 3.02. The predicted molar refractivity (Wildman–Crippen MR) is 110 cm³/mol. The maximum absolute atomic E-state index is 13.4. The van der Waals surface area contributed by atoms with Crippen molar-refractivity contribution in [3.8, 4) is 5.69 Å². The van der Waals surface area contributed by atoms with Crippen LogP contribution in [0, 0.1) is 6.92 Å². The molecule has 1 aliphatic carbocycles. The first-order valence-corrected chi connectivity index (χ1v) is 9.78. The maximum atomic E-state index is 13.4. The summed E-state index contributed by atoms with van der Waals surface area (Å²) < 4.78 is 3.26. The van der Waals surface area contributed by atoms with Gasteiger partial charge >= 0.3 is 0 Å². The zero-order valence-electron chi connectivity index (χ0n) is 15.5. The summed E-state index contributed by atoms with van der Waals surface area (Å²) in [6, 6.07) is 15.6. The normalized spacial score (nSPS) is 13.9. The molecule has 0 atom stereocenters. The van der Waals surface area contributed by atoms with Gasteiger partial charge in [-0.15, -0.1) is 0 Å². The molecular formula is C22H19ClN4O. The highest BCUT2D eigenvalue weighted by molar-refractivity contribution is 6.30. The van der Waals surface area contributed by atoms with Crippen molar-refractivity contribution >= 4 is 22.5 Å². The second-order valence-electron chi connectivity index (χ2n) is 7.41. The summed E-state index contributed by atoms with van der Waals surface area (Å²) in [6.45, 7) is 2.49. The van der Waals surface area contributed by atoms with E-state index < -0.39 is 0 Å². The lowest BCUT2D eigenvalue weighted by molar-refractivity contribution is 0.626. The fraction of sp³-hybridized carbons (Fsp3) is 0.227. The smallest absolute Gasteiger partial charge is 0.265 e. The van der Waals surface area contributed by atoms with Crippen molar-refractivity contribution in [2.75, 3.05) is 0 Å². The first-order chi connectivity index (χ1) is 13.6. The number of hydrogen-bond acceptors (Lipinski definition) is 3. The summed E-state index contributed by atoms with van der Waals surface area (Å²) in [4.78, 5) is 13.4. The SMILES string of the molecule is Cc1cccc(Cn2nc(C3CC3)c3cnn(-c4cccc(Cl)c4)c3c2=O)c1. The van der Waals surface area contributed by atoms with E-state index in [4.69, 9.17) is 16.7 Å². The average Bonchev–Trinajstić information content (AvgIpc) is 3.42. The minimum atomic E-state index is -0.140. The van der Waals surface area contributed by atoms with Crippen LogP contribution in [0.3, 0.4) is 0 Å². The Kier molecular flexibility index (Phi) is 4.05. The molecule has 28 heavy (non-hydrogen) atoms. The van der Waals surface area contributed by atoms with E-state index in [0.29, 0.717) is 23.0 Å². The highest BCUT2D eigenvalue weighted by Gasteiger charge is 2.30. The zero-order valence-corrected chi connectivity index (χ0v) is 16.2. The Morgan fingerprint density at radius 2 is 1.96 bits per heavy atom. The minimum Gasteiger partial charge on any atom is -0.265 e. The number of halogens is 1. The van der Waals surface area contributed by atoms with E-state index in [2.05, 4.69) is 11.2 Å². The molecule has 4 aromatic rings. The van der Waals surface area contributed by atoms with Crippen LogP contribution in [0.25, 0.3) is 16.6 Å². The number of benzene rings is 2. The fourth-order valence-corrected chi connectivity index (χ4v) is 3.83. The number of aryl methyl sites for hydroxylation is 1. The van der Waals surface area contributed by atoms with Gasteiger partial charge in [-0.1, -0.05) is 47.5 Å². The van der Waals surface area contributed by atoms with Gasteiger partial charge in [-0.25, -0.2) is 9.36 Å². The Labute approximate surface area is 167 Å². The zero-order chi connectivity index (χ0) is 19.3. The Morgan fingerprint density at radius 1 is 1.14 bits per heavy atom. The van der Waals surface area contributed by atoms with E-state index >= 15 is 0 Å². The van der Waals surface area contributed by atoms with Crippen molar-refractivity contribution in [2.45, 2.75) is 32.2 Å². The summed E-state index contributed by atoms with van der Waals surface area (Å²) in [5.41, 5.74) is 4.39. The molecule has 2 aromatic carbocycles. The van der Waals surface area contributed by atoms with Crippen LogP contribution in [0.2, 0.25) is 5.02 Å². The molecule has 0 saturated heterocycles. The van der Waals surface area contributed by atoms with E-state index in [1.165, 1.54) is 0 Å². The lowest BCUT2D eigenvalue weighted by Crippen LogP contribution is -2.26. The summed E-state index contributed by atoms with van der Waals surface area (Å²) in [5.74, 6) is 0.406. The molecule has 140 valence electrons. The predicted octanol–water partition coefficient (Wildman–Crippen LogP) is 4.47. The summed E-state index contributed by atoms with van der Waals surface area (Å²) in [6.07, 6.45) is 3.97. The summed E-state index contributed by atoms with van der Waals surface area (Å²) in [7, 11) is 0. The highest BCUT2D eigenvalue weighted by Crippen LogP contribution is 2.41. The van der Waals surface area contributed by atoms with E-state index in [1.807, 2.05) is 49.4 Å². The molecule has 1 saturated carbocycles. The first-order valence-electron chi connectivity index (χ1n) is 9.40. The van der Waals surface area contributed by atoms with Gasteiger partial charge in [-0.2, -0.15) is 10.2 Å². The average molecular weight is 391 g/mol. The second kappa shape index (κ2) is 6.60. The Bertz CT molecular complexity index is 1250. The van der Waals surface area contributed by atoms with Gasteiger partial charge < -0.3 is 0 Å². The standard InChI is InChI=1S/C22H19ClN4O/c1-14-4-2-5-15(10-14)13-26-22(28)21-19(20(25-26)16-8-9-16)12-24-27(21)18-7-3-6-17(23)11-18/h2-7,10-12,16H,8-9,13H2,1H3. The van der Waals surface area contributed by atoms with E-state index in [0.717, 1.165) is 40.7 Å². The Morgan fingerprint density at radius 3 is 2.71 bits per heavy atom. The fourth-order valence-electron chi connectivity index (χ4n) is 3.65. The van der Waals surface area contributed by atoms with Crippen LogP contribution < -0.4 is 5.56 Å². The number of rotatable bonds is 4. The highest BCUT2D eigenvalue weighted by atomic mass is 35.5. The molecule has 5 rings (SSSR count). The lowest BCUT2D eigenvalue weighted by atomic mass is 10.1. The molecule has 0 unspecified atom stereocenters. The third-order valence-corrected chi connectivity index (χ3v) is 5.38. The van der Waals surface area contributed by atoms with Gasteiger partial charge in [0, 0.05) is 16.3 Å². The van der Waals surface area contributed by atoms with Crippen LogP contribution in [0.4, 0.5) is 0 Å². The van der Waals surface area contributed by atoms with Crippen LogP contribution in [0.15, 0.2) is 59.5 Å². The molecule has 0 amide bonds. The molecule has 0 radical (unpaired) electrons. The van der Waals surface area contributed by atoms with Crippen LogP contribution in [-0.4, -0.2) is 19.6 Å². The van der Waals surface area contributed by atoms with E-state index in [9.17, 15) is 4.79 Å². The van der Waals surface area contributed by atoms with Gasteiger partial charge in [-0.05, 0) is 43.5 Å². The first kappa shape index (κ1) is 17.2. The van der Waals surface area contributed by atoms with Crippen molar-refractivity contribution in [2.24, 2.45) is 0 Å². The number of fused-ring (bicyclic) bond motifs is 1. The van der Waals surface area contributed by atoms with Crippen molar-refractivity contribution in [3.63, 3.8) is 0 Å². The molecule has 6 heteroatoms. The maximum Gasteiger partial charge on any atom is 0.293 e. The van der Waals surface area contributed by atoms with Gasteiger partial charge in [0.25, 0.3) is 5.56 Å². The molecule has 5 nitrogen and oxygen atoms in total. The van der Waals surface area contributed by atoms with Crippen molar-refractivity contribution in [1.29, 1.82) is 0 Å². The second-order valence-corrected chi connectivity index (χ2v) is 7.85. The van der Waals surface area contributed by atoms with Gasteiger partial charge in [0.1, 0.15) is 5.52 Å². The molecule has 2 heterocycles. The number of aromatic nitrogens is 4. The van der Waals surface area contributed by atoms with E-state index in [-0.39, 0.29) is 5.56 Å². The van der Waals surface area contributed by atoms with Gasteiger partial charge in [-0.3, -0.25) is 4.79 Å². The molecule has 0 N–H and O–H groups in total. The number of nitrogens with zero attached hydrogens (tertiary/aromatic N) is 4. The number of hydrogen-bond donors (Lipinski definition) is 0. The van der Waals surface area contributed by atoms with Crippen LogP contribution in [0.1, 0.15) is 35.6 Å². The van der Waals surface area contributed by atoms with E-state index in [1.54, 1.807) is 15.6 Å². The topological polar surface area (TPSA) is 52.7 Å². The summed E-state index contributed by atoms with van der Waals surface area (Å²) in [5, 5.41) is 10.7. The van der Waals surface area contributed by atoms with Crippen molar-refractivity contribution < 1.29 is 0 Å². The molecule has 0 aliphatic heterocycles.